The van der Waals surface area contributed by atoms with E-state index in [9.17, 15) is 4.79 Å². The highest BCUT2D eigenvalue weighted by Gasteiger charge is 2.03. The maximum absolute atomic E-state index is 11.0. The first-order valence-corrected chi connectivity index (χ1v) is 4.78. The van der Waals surface area contributed by atoms with E-state index in [4.69, 9.17) is 9.94 Å². The Morgan fingerprint density at radius 1 is 1.67 bits per heavy atom. The molecule has 0 saturated heterocycles. The van der Waals surface area contributed by atoms with Crippen molar-refractivity contribution in [2.75, 3.05) is 12.4 Å². The first-order valence-electron chi connectivity index (χ1n) is 3.99. The molecule has 80 valence electrons. The highest BCUT2D eigenvalue weighted by Crippen LogP contribution is 2.27. The summed E-state index contributed by atoms with van der Waals surface area (Å²) in [6.07, 6.45) is 0.776. The molecule has 1 rings (SSSR count). The van der Waals surface area contributed by atoms with E-state index in [1.54, 1.807) is 25.3 Å². The fourth-order valence-electron chi connectivity index (χ4n) is 0.971. The fraction of sp³-hybridized carbons (Fsp3) is 0.111. The van der Waals surface area contributed by atoms with Gasteiger partial charge in [-0.2, -0.15) is 0 Å². The van der Waals surface area contributed by atoms with Gasteiger partial charge < -0.3 is 15.3 Å². The summed E-state index contributed by atoms with van der Waals surface area (Å²) in [7, 11) is 1.55. The SMILES string of the molecule is COc1ccc(NC(=O)/C=N/O)cc1Br. The monoisotopic (exact) mass is 272 g/mol. The summed E-state index contributed by atoms with van der Waals surface area (Å²) in [5.74, 6) is 0.165. The topological polar surface area (TPSA) is 70.9 Å². The zero-order chi connectivity index (χ0) is 11.3. The molecule has 6 heteroatoms. The molecule has 5 nitrogen and oxygen atoms in total. The zero-order valence-electron chi connectivity index (χ0n) is 7.90. The fourth-order valence-corrected chi connectivity index (χ4v) is 1.51. The van der Waals surface area contributed by atoms with E-state index in [1.165, 1.54) is 0 Å². The molecule has 0 fully saturated rings. The Balaban J connectivity index is 2.79. The van der Waals surface area contributed by atoms with Crippen molar-refractivity contribution in [1.82, 2.24) is 0 Å². The number of carbonyl (C=O) groups is 1. The summed E-state index contributed by atoms with van der Waals surface area (Å²) >= 11 is 3.28. The quantitative estimate of drug-likeness (QED) is 0.501. The normalized spacial score (nSPS) is 10.3. The molecule has 0 bridgehead atoms. The largest absolute Gasteiger partial charge is 0.496 e. The third kappa shape index (κ3) is 3.25. The van der Waals surface area contributed by atoms with Crippen LogP contribution in [0, 0.1) is 0 Å². The van der Waals surface area contributed by atoms with Gasteiger partial charge in [0.2, 0.25) is 0 Å². The second kappa shape index (κ2) is 5.35. The predicted molar refractivity (Wildman–Crippen MR) is 59.6 cm³/mol. The molecule has 0 atom stereocenters. The number of halogens is 1. The minimum absolute atomic E-state index is 0.505. The van der Waals surface area contributed by atoms with Gasteiger partial charge in [0.25, 0.3) is 5.91 Å². The number of rotatable bonds is 3. The number of nitrogens with one attached hydrogen (secondary N) is 1. The number of hydrogen-bond acceptors (Lipinski definition) is 4. The van der Waals surface area contributed by atoms with Crippen LogP contribution in [0.1, 0.15) is 0 Å². The van der Waals surface area contributed by atoms with Gasteiger partial charge in [0.1, 0.15) is 12.0 Å². The molecule has 0 saturated carbocycles. The Bertz CT molecular complexity index is 393. The van der Waals surface area contributed by atoms with E-state index >= 15 is 0 Å². The number of ether oxygens (including phenoxy) is 1. The van der Waals surface area contributed by atoms with Gasteiger partial charge in [0.15, 0.2) is 0 Å². The number of anilines is 1. The van der Waals surface area contributed by atoms with E-state index in [0.717, 1.165) is 10.7 Å². The van der Waals surface area contributed by atoms with Gasteiger partial charge in [0, 0.05) is 5.69 Å². The summed E-state index contributed by atoms with van der Waals surface area (Å²) in [4.78, 5) is 11.0. The van der Waals surface area contributed by atoms with Gasteiger partial charge in [0.05, 0.1) is 11.6 Å². The number of benzene rings is 1. The van der Waals surface area contributed by atoms with Crippen LogP contribution in [0.25, 0.3) is 0 Å². The van der Waals surface area contributed by atoms with Crippen molar-refractivity contribution >= 4 is 33.7 Å². The minimum atomic E-state index is -0.505. The second-order valence-corrected chi connectivity index (χ2v) is 3.44. The Hall–Kier alpha value is -1.56. The van der Waals surface area contributed by atoms with Crippen molar-refractivity contribution in [2.24, 2.45) is 5.16 Å². The van der Waals surface area contributed by atoms with Crippen LogP contribution >= 0.6 is 15.9 Å². The average Bonchev–Trinajstić information content (AvgIpc) is 2.18. The van der Waals surface area contributed by atoms with Crippen molar-refractivity contribution in [1.29, 1.82) is 0 Å². The Morgan fingerprint density at radius 2 is 2.40 bits per heavy atom. The molecule has 1 aromatic rings. The smallest absolute Gasteiger partial charge is 0.270 e. The average molecular weight is 273 g/mol. The van der Waals surface area contributed by atoms with E-state index in [1.807, 2.05) is 0 Å². The van der Waals surface area contributed by atoms with Crippen LogP contribution in [0.2, 0.25) is 0 Å². The number of carbonyl (C=O) groups excluding carboxylic acids is 1. The summed E-state index contributed by atoms with van der Waals surface area (Å²) in [5, 5.41) is 13.2. The zero-order valence-corrected chi connectivity index (χ0v) is 9.48. The Morgan fingerprint density at radius 3 is 2.93 bits per heavy atom. The van der Waals surface area contributed by atoms with Crippen molar-refractivity contribution in [3.63, 3.8) is 0 Å². The lowest BCUT2D eigenvalue weighted by molar-refractivity contribution is -0.110. The molecule has 0 aliphatic heterocycles. The highest BCUT2D eigenvalue weighted by atomic mass is 79.9. The minimum Gasteiger partial charge on any atom is -0.496 e. The first kappa shape index (κ1) is 11.5. The highest BCUT2D eigenvalue weighted by molar-refractivity contribution is 9.10. The lowest BCUT2D eigenvalue weighted by Crippen LogP contribution is -2.12. The molecular formula is C9H9BrN2O3. The van der Waals surface area contributed by atoms with E-state index in [-0.39, 0.29) is 0 Å². The number of amides is 1. The molecule has 1 aromatic carbocycles. The lowest BCUT2D eigenvalue weighted by Gasteiger charge is -2.06. The third-order valence-corrected chi connectivity index (χ3v) is 2.21. The van der Waals surface area contributed by atoms with E-state index in [2.05, 4.69) is 26.4 Å². The number of nitrogens with zero attached hydrogens (tertiary/aromatic N) is 1. The summed E-state index contributed by atoms with van der Waals surface area (Å²) in [6.45, 7) is 0. The molecule has 0 radical (unpaired) electrons. The Kier molecular flexibility index (Phi) is 4.11. The molecule has 1 amide bonds. The number of oxime groups is 1. The predicted octanol–water partition coefficient (Wildman–Crippen LogP) is 1.86. The van der Waals surface area contributed by atoms with Crippen molar-refractivity contribution < 1.29 is 14.7 Å². The van der Waals surface area contributed by atoms with Gasteiger partial charge in [-0.1, -0.05) is 5.16 Å². The van der Waals surface area contributed by atoms with Crippen LogP contribution in [0.3, 0.4) is 0 Å². The van der Waals surface area contributed by atoms with Crippen LogP contribution < -0.4 is 10.1 Å². The van der Waals surface area contributed by atoms with Gasteiger partial charge in [-0.05, 0) is 34.1 Å². The van der Waals surface area contributed by atoms with Gasteiger partial charge in [-0.15, -0.1) is 0 Å². The molecular weight excluding hydrogens is 264 g/mol. The van der Waals surface area contributed by atoms with Crippen LogP contribution in [-0.2, 0) is 4.79 Å². The summed E-state index contributed by atoms with van der Waals surface area (Å²) in [6, 6.07) is 5.06. The molecule has 2 N–H and O–H groups in total. The maximum atomic E-state index is 11.0. The van der Waals surface area contributed by atoms with E-state index in [0.29, 0.717) is 11.4 Å². The standard InChI is InChI=1S/C9H9BrN2O3/c1-15-8-3-2-6(4-7(8)10)12-9(13)5-11-14/h2-5,14H,1H3,(H,12,13)/b11-5+. The molecule has 0 aliphatic carbocycles. The van der Waals surface area contributed by atoms with Crippen molar-refractivity contribution in [3.8, 4) is 5.75 Å². The van der Waals surface area contributed by atoms with E-state index < -0.39 is 5.91 Å². The molecule has 0 heterocycles. The van der Waals surface area contributed by atoms with Gasteiger partial charge in [-0.3, -0.25) is 4.79 Å². The van der Waals surface area contributed by atoms with Crippen molar-refractivity contribution in [2.45, 2.75) is 0 Å². The maximum Gasteiger partial charge on any atom is 0.270 e. The van der Waals surface area contributed by atoms with Crippen LogP contribution in [0.5, 0.6) is 5.75 Å². The second-order valence-electron chi connectivity index (χ2n) is 2.58. The van der Waals surface area contributed by atoms with Crippen LogP contribution in [0.4, 0.5) is 5.69 Å². The third-order valence-electron chi connectivity index (χ3n) is 1.59. The molecule has 0 spiro atoms. The van der Waals surface area contributed by atoms with Crippen LogP contribution in [-0.4, -0.2) is 24.4 Å². The lowest BCUT2D eigenvalue weighted by atomic mass is 10.3. The van der Waals surface area contributed by atoms with Gasteiger partial charge in [-0.25, -0.2) is 0 Å². The van der Waals surface area contributed by atoms with Crippen LogP contribution in [0.15, 0.2) is 27.8 Å². The Labute approximate surface area is 94.9 Å². The molecule has 0 unspecified atom stereocenters. The summed E-state index contributed by atoms with van der Waals surface area (Å²) in [5.41, 5.74) is 0.576. The summed E-state index contributed by atoms with van der Waals surface area (Å²) < 4.78 is 5.75. The van der Waals surface area contributed by atoms with Gasteiger partial charge >= 0.3 is 0 Å². The molecule has 0 aromatic heterocycles. The first-order chi connectivity index (χ1) is 7.17. The van der Waals surface area contributed by atoms with Crippen molar-refractivity contribution in [3.05, 3.63) is 22.7 Å². The number of hydrogen-bond donors (Lipinski definition) is 2. The molecule has 15 heavy (non-hydrogen) atoms. The molecule has 0 aliphatic rings. The number of methoxy groups -OCH3 is 1.